The minimum atomic E-state index is -1.21. The maximum Gasteiger partial charge on any atom is 0.408 e. The van der Waals surface area contributed by atoms with Gasteiger partial charge in [0.05, 0.1) is 19.8 Å². The minimum Gasteiger partial charge on any atom is -0.467 e. The molecule has 0 saturated carbocycles. The van der Waals surface area contributed by atoms with Crippen LogP contribution in [0.2, 0.25) is 0 Å². The average molecular weight is 203 g/mol. The number of esters is 1. The highest BCUT2D eigenvalue weighted by atomic mass is 16.5. The van der Waals surface area contributed by atoms with Crippen molar-refractivity contribution in [3.63, 3.8) is 0 Å². The lowest BCUT2D eigenvalue weighted by Gasteiger charge is -2.33. The second kappa shape index (κ2) is 4.28. The van der Waals surface area contributed by atoms with Gasteiger partial charge in [0, 0.05) is 0 Å². The lowest BCUT2D eigenvalue weighted by atomic mass is 10.0. The van der Waals surface area contributed by atoms with Gasteiger partial charge in [0.1, 0.15) is 6.04 Å². The number of aliphatic hydroxyl groups is 1. The van der Waals surface area contributed by atoms with Gasteiger partial charge >= 0.3 is 12.1 Å². The van der Waals surface area contributed by atoms with Crippen molar-refractivity contribution in [2.75, 3.05) is 13.7 Å². The van der Waals surface area contributed by atoms with Crippen LogP contribution in [-0.4, -0.2) is 53.0 Å². The second-order valence-corrected chi connectivity index (χ2v) is 3.21. The van der Waals surface area contributed by atoms with Gasteiger partial charge in [-0.1, -0.05) is 0 Å². The summed E-state index contributed by atoms with van der Waals surface area (Å²) in [4.78, 5) is 22.8. The van der Waals surface area contributed by atoms with Gasteiger partial charge in [0.2, 0.25) is 0 Å². The molecule has 80 valence electrons. The molecule has 1 saturated heterocycles. The highest BCUT2D eigenvalue weighted by Crippen LogP contribution is 2.18. The second-order valence-electron chi connectivity index (χ2n) is 3.21. The van der Waals surface area contributed by atoms with Crippen molar-refractivity contribution in [1.29, 1.82) is 0 Å². The summed E-state index contributed by atoms with van der Waals surface area (Å²) in [7, 11) is 1.22. The summed E-state index contributed by atoms with van der Waals surface area (Å²) in [6.45, 7) is -0.0326. The number of carboxylic acid groups (broad SMARTS) is 1. The van der Waals surface area contributed by atoms with E-state index in [-0.39, 0.29) is 6.54 Å². The Bertz CT molecular complexity index is 242. The molecule has 1 rings (SSSR count). The zero-order chi connectivity index (χ0) is 10.7. The summed E-state index contributed by atoms with van der Waals surface area (Å²) < 4.78 is 4.48. The molecule has 0 aliphatic carbocycles. The van der Waals surface area contributed by atoms with Crippen molar-refractivity contribution < 1.29 is 24.5 Å². The quantitative estimate of drug-likeness (QED) is 0.569. The molecule has 0 spiro atoms. The molecule has 0 aromatic carbocycles. The Hall–Kier alpha value is -1.30. The predicted molar refractivity (Wildman–Crippen MR) is 45.8 cm³/mol. The Morgan fingerprint density at radius 1 is 1.43 bits per heavy atom. The monoisotopic (exact) mass is 203 g/mol. The molecule has 1 aliphatic rings. The molecule has 6 heteroatoms. The molecule has 1 fully saturated rings. The number of likely N-dealkylation sites (tertiary alicyclic amines) is 1. The number of methoxy groups -OCH3 is 1. The third-order valence-electron chi connectivity index (χ3n) is 2.28. The highest BCUT2D eigenvalue weighted by Gasteiger charge is 2.35. The first-order chi connectivity index (χ1) is 6.56. The van der Waals surface area contributed by atoms with Crippen LogP contribution in [0.15, 0.2) is 0 Å². The molecular weight excluding hydrogens is 190 g/mol. The van der Waals surface area contributed by atoms with Gasteiger partial charge in [-0.05, 0) is 12.8 Å². The summed E-state index contributed by atoms with van der Waals surface area (Å²) in [5.74, 6) is -0.570. The average Bonchev–Trinajstić information content (AvgIpc) is 2.16. The molecule has 0 aromatic heterocycles. The van der Waals surface area contributed by atoms with E-state index in [1.807, 2.05) is 0 Å². The predicted octanol–water partition coefficient (Wildman–Crippen LogP) is -0.337. The van der Waals surface area contributed by atoms with Crippen molar-refractivity contribution in [3.05, 3.63) is 0 Å². The molecule has 0 radical (unpaired) electrons. The SMILES string of the molecule is COC(=O)C1CCC(O)CN1C(=O)O. The number of carbonyl (C=O) groups excluding carboxylic acids is 1. The van der Waals surface area contributed by atoms with Crippen LogP contribution >= 0.6 is 0 Å². The van der Waals surface area contributed by atoms with Gasteiger partial charge in [0.25, 0.3) is 0 Å². The number of amides is 1. The Balaban J connectivity index is 2.72. The lowest BCUT2D eigenvalue weighted by Crippen LogP contribution is -2.52. The first kappa shape index (κ1) is 10.8. The summed E-state index contributed by atoms with van der Waals surface area (Å²) in [6, 6.07) is -0.777. The first-order valence-electron chi connectivity index (χ1n) is 4.31. The molecule has 0 aromatic rings. The van der Waals surface area contributed by atoms with Crippen molar-refractivity contribution in [3.8, 4) is 0 Å². The zero-order valence-electron chi connectivity index (χ0n) is 7.84. The Morgan fingerprint density at radius 2 is 2.07 bits per heavy atom. The summed E-state index contributed by atoms with van der Waals surface area (Å²) in [6.07, 6.45) is -1.17. The van der Waals surface area contributed by atoms with E-state index < -0.39 is 24.2 Å². The van der Waals surface area contributed by atoms with Gasteiger partial charge < -0.3 is 14.9 Å². The smallest absolute Gasteiger partial charge is 0.408 e. The van der Waals surface area contributed by atoms with E-state index in [9.17, 15) is 14.7 Å². The van der Waals surface area contributed by atoms with Crippen LogP contribution in [0, 0.1) is 0 Å². The zero-order valence-corrected chi connectivity index (χ0v) is 7.84. The van der Waals surface area contributed by atoms with Crippen LogP contribution in [0.3, 0.4) is 0 Å². The van der Waals surface area contributed by atoms with Crippen molar-refractivity contribution in [2.24, 2.45) is 0 Å². The molecular formula is C8H13NO5. The standard InChI is InChI=1S/C8H13NO5/c1-14-7(11)6-3-2-5(10)4-9(6)8(12)13/h5-6,10H,2-4H2,1H3,(H,12,13). The molecule has 1 heterocycles. The number of rotatable bonds is 1. The van der Waals surface area contributed by atoms with Crippen LogP contribution in [0.1, 0.15) is 12.8 Å². The van der Waals surface area contributed by atoms with Crippen LogP contribution in [0.4, 0.5) is 4.79 Å². The third-order valence-corrected chi connectivity index (χ3v) is 2.28. The van der Waals surface area contributed by atoms with E-state index in [1.54, 1.807) is 0 Å². The van der Waals surface area contributed by atoms with E-state index in [1.165, 1.54) is 7.11 Å². The number of nitrogens with zero attached hydrogens (tertiary/aromatic N) is 1. The van der Waals surface area contributed by atoms with Crippen LogP contribution in [0.25, 0.3) is 0 Å². The topological polar surface area (TPSA) is 87.1 Å². The first-order valence-corrected chi connectivity index (χ1v) is 4.31. The Kier molecular flexibility index (Phi) is 3.29. The summed E-state index contributed by atoms with van der Waals surface area (Å²) in [5.41, 5.74) is 0. The van der Waals surface area contributed by atoms with Crippen molar-refractivity contribution in [1.82, 2.24) is 4.90 Å². The molecule has 0 bridgehead atoms. The molecule has 6 nitrogen and oxygen atoms in total. The van der Waals surface area contributed by atoms with Crippen molar-refractivity contribution in [2.45, 2.75) is 25.0 Å². The Labute approximate surface area is 81.1 Å². The Morgan fingerprint density at radius 3 is 2.57 bits per heavy atom. The highest BCUT2D eigenvalue weighted by molar-refractivity contribution is 5.81. The largest absolute Gasteiger partial charge is 0.467 e. The van der Waals surface area contributed by atoms with Gasteiger partial charge in [0.15, 0.2) is 0 Å². The summed E-state index contributed by atoms with van der Waals surface area (Å²) >= 11 is 0. The van der Waals surface area contributed by atoms with Gasteiger partial charge in [-0.25, -0.2) is 9.59 Å². The maximum atomic E-state index is 11.2. The number of β-amino-alcohol motifs (C(OH)–C–C–N with tert-alkyl or cyclic N) is 1. The van der Waals surface area contributed by atoms with Gasteiger partial charge in [-0.3, -0.25) is 4.90 Å². The van der Waals surface area contributed by atoms with E-state index >= 15 is 0 Å². The molecule has 1 amide bonds. The number of ether oxygens (including phenoxy) is 1. The maximum absolute atomic E-state index is 11.2. The number of hydrogen-bond acceptors (Lipinski definition) is 4. The molecule has 2 N–H and O–H groups in total. The fourth-order valence-corrected chi connectivity index (χ4v) is 1.54. The molecule has 2 atom stereocenters. The minimum absolute atomic E-state index is 0.0326. The fourth-order valence-electron chi connectivity index (χ4n) is 1.54. The lowest BCUT2D eigenvalue weighted by molar-refractivity contribution is -0.148. The number of aliphatic hydroxyl groups excluding tert-OH is 1. The van der Waals surface area contributed by atoms with Crippen LogP contribution in [0.5, 0.6) is 0 Å². The van der Waals surface area contributed by atoms with E-state index in [0.717, 1.165) is 4.90 Å². The number of carbonyl (C=O) groups is 2. The van der Waals surface area contributed by atoms with Gasteiger partial charge in [-0.2, -0.15) is 0 Å². The molecule has 14 heavy (non-hydrogen) atoms. The van der Waals surface area contributed by atoms with Crippen molar-refractivity contribution >= 4 is 12.1 Å². The third kappa shape index (κ3) is 2.14. The van der Waals surface area contributed by atoms with E-state index in [0.29, 0.717) is 12.8 Å². The van der Waals surface area contributed by atoms with E-state index in [4.69, 9.17) is 5.11 Å². The normalized spacial score (nSPS) is 27.1. The number of piperidine rings is 1. The van der Waals surface area contributed by atoms with E-state index in [2.05, 4.69) is 4.74 Å². The fraction of sp³-hybridized carbons (Fsp3) is 0.750. The van der Waals surface area contributed by atoms with Crippen LogP contribution in [-0.2, 0) is 9.53 Å². The summed E-state index contributed by atoms with van der Waals surface area (Å²) in [5, 5.41) is 18.0. The number of hydrogen-bond donors (Lipinski definition) is 2. The molecule has 1 aliphatic heterocycles. The van der Waals surface area contributed by atoms with Gasteiger partial charge in [-0.15, -0.1) is 0 Å². The van der Waals surface area contributed by atoms with Crippen LogP contribution < -0.4 is 0 Å². The molecule has 2 unspecified atom stereocenters.